The molecular formula is C20H17N3O2. The average molecular weight is 331 g/mol. The van der Waals surface area contributed by atoms with Gasteiger partial charge in [-0.05, 0) is 43.3 Å². The minimum atomic E-state index is 0.559. The first kappa shape index (κ1) is 15.2. The molecule has 0 saturated heterocycles. The summed E-state index contributed by atoms with van der Waals surface area (Å²) in [5.41, 5.74) is 2.74. The highest BCUT2D eigenvalue weighted by atomic mass is 16.5. The first-order chi connectivity index (χ1) is 12.3. The van der Waals surface area contributed by atoms with Gasteiger partial charge in [-0.1, -0.05) is 23.4 Å². The van der Waals surface area contributed by atoms with Gasteiger partial charge in [0.25, 0.3) is 0 Å². The van der Waals surface area contributed by atoms with Gasteiger partial charge in [-0.2, -0.15) is 0 Å². The molecule has 0 unspecified atom stereocenters. The van der Waals surface area contributed by atoms with Gasteiger partial charge in [-0.3, -0.25) is 4.98 Å². The van der Waals surface area contributed by atoms with E-state index >= 15 is 0 Å². The lowest BCUT2D eigenvalue weighted by molar-refractivity contribution is 0.384. The maximum Gasteiger partial charge on any atom is 0.156 e. The summed E-state index contributed by atoms with van der Waals surface area (Å²) >= 11 is 0. The third kappa shape index (κ3) is 3.45. The summed E-state index contributed by atoms with van der Waals surface area (Å²) in [6.45, 7) is 2.46. The van der Waals surface area contributed by atoms with Gasteiger partial charge in [0.2, 0.25) is 0 Å². The van der Waals surface area contributed by atoms with Crippen molar-refractivity contribution in [1.82, 2.24) is 10.1 Å². The third-order valence-corrected chi connectivity index (χ3v) is 3.82. The zero-order valence-electron chi connectivity index (χ0n) is 13.8. The van der Waals surface area contributed by atoms with Crippen molar-refractivity contribution in [2.45, 2.75) is 13.5 Å². The number of nitrogens with zero attached hydrogens (tertiary/aromatic N) is 2. The molecule has 0 bridgehead atoms. The highest BCUT2D eigenvalue weighted by molar-refractivity contribution is 5.92. The molecular weight excluding hydrogens is 314 g/mol. The molecule has 0 fully saturated rings. The maximum absolute atomic E-state index is 5.92. The smallest absolute Gasteiger partial charge is 0.156 e. The largest absolute Gasteiger partial charge is 0.457 e. The average Bonchev–Trinajstić information content (AvgIpc) is 3.06. The number of aryl methyl sites for hydroxylation is 1. The molecule has 124 valence electrons. The minimum absolute atomic E-state index is 0.559. The number of pyridine rings is 1. The zero-order chi connectivity index (χ0) is 17.1. The van der Waals surface area contributed by atoms with E-state index in [1.807, 2.05) is 67.6 Å². The standard InChI is InChI=1S/C20H17N3O2/c1-14-11-17(25-23-14)13-22-20-9-10-21-19-8-7-16(12-18(19)20)24-15-5-3-2-4-6-15/h2-12H,13H2,1H3,(H,21,22). The minimum Gasteiger partial charge on any atom is -0.457 e. The van der Waals surface area contributed by atoms with Gasteiger partial charge in [0.05, 0.1) is 17.8 Å². The van der Waals surface area contributed by atoms with E-state index in [0.717, 1.165) is 39.5 Å². The van der Waals surface area contributed by atoms with Crippen molar-refractivity contribution in [1.29, 1.82) is 0 Å². The van der Waals surface area contributed by atoms with Crippen LogP contribution in [0.1, 0.15) is 11.5 Å². The fourth-order valence-electron chi connectivity index (χ4n) is 2.65. The van der Waals surface area contributed by atoms with Crippen LogP contribution in [0.25, 0.3) is 10.9 Å². The van der Waals surface area contributed by atoms with Crippen molar-refractivity contribution < 1.29 is 9.26 Å². The van der Waals surface area contributed by atoms with E-state index in [4.69, 9.17) is 9.26 Å². The summed E-state index contributed by atoms with van der Waals surface area (Å²) in [5.74, 6) is 2.36. The molecule has 4 aromatic rings. The van der Waals surface area contributed by atoms with Gasteiger partial charge >= 0.3 is 0 Å². The van der Waals surface area contributed by atoms with E-state index in [-0.39, 0.29) is 0 Å². The van der Waals surface area contributed by atoms with E-state index in [2.05, 4.69) is 15.5 Å². The van der Waals surface area contributed by atoms with Crippen LogP contribution in [0.5, 0.6) is 11.5 Å². The second kappa shape index (κ2) is 6.65. The van der Waals surface area contributed by atoms with Gasteiger partial charge < -0.3 is 14.6 Å². The predicted molar refractivity (Wildman–Crippen MR) is 96.8 cm³/mol. The lowest BCUT2D eigenvalue weighted by Crippen LogP contribution is -1.99. The number of rotatable bonds is 5. The highest BCUT2D eigenvalue weighted by Crippen LogP contribution is 2.29. The lowest BCUT2D eigenvalue weighted by atomic mass is 10.1. The van der Waals surface area contributed by atoms with E-state index in [1.165, 1.54) is 0 Å². The molecule has 0 aliphatic rings. The number of para-hydroxylation sites is 1. The topological polar surface area (TPSA) is 60.2 Å². The van der Waals surface area contributed by atoms with E-state index in [9.17, 15) is 0 Å². The predicted octanol–water partition coefficient (Wildman–Crippen LogP) is 4.94. The van der Waals surface area contributed by atoms with Gasteiger partial charge in [0.15, 0.2) is 5.76 Å². The number of ether oxygens (including phenoxy) is 1. The number of hydrogen-bond donors (Lipinski definition) is 1. The van der Waals surface area contributed by atoms with Crippen molar-refractivity contribution in [2.75, 3.05) is 5.32 Å². The fraction of sp³-hybridized carbons (Fsp3) is 0.100. The van der Waals surface area contributed by atoms with Crippen LogP contribution in [-0.2, 0) is 6.54 Å². The molecule has 1 N–H and O–H groups in total. The molecule has 25 heavy (non-hydrogen) atoms. The Morgan fingerprint density at radius 3 is 2.68 bits per heavy atom. The SMILES string of the molecule is Cc1cc(CNc2ccnc3ccc(Oc4ccccc4)cc23)on1. The van der Waals surface area contributed by atoms with Crippen LogP contribution in [0.2, 0.25) is 0 Å². The molecule has 0 amide bonds. The summed E-state index contributed by atoms with van der Waals surface area (Å²) in [6.07, 6.45) is 1.79. The zero-order valence-corrected chi connectivity index (χ0v) is 13.8. The molecule has 2 aromatic heterocycles. The van der Waals surface area contributed by atoms with Crippen molar-refractivity contribution in [3.05, 3.63) is 78.3 Å². The summed E-state index contributed by atoms with van der Waals surface area (Å²) in [5, 5.41) is 8.28. The molecule has 4 rings (SSSR count). The first-order valence-electron chi connectivity index (χ1n) is 8.06. The van der Waals surface area contributed by atoms with E-state index in [1.54, 1.807) is 6.20 Å². The number of fused-ring (bicyclic) bond motifs is 1. The van der Waals surface area contributed by atoms with E-state index in [0.29, 0.717) is 6.54 Å². The molecule has 0 aliphatic carbocycles. The van der Waals surface area contributed by atoms with E-state index < -0.39 is 0 Å². The van der Waals surface area contributed by atoms with Crippen molar-refractivity contribution >= 4 is 16.6 Å². The van der Waals surface area contributed by atoms with Gasteiger partial charge in [0.1, 0.15) is 11.5 Å². The summed E-state index contributed by atoms with van der Waals surface area (Å²) in [7, 11) is 0. The van der Waals surface area contributed by atoms with Crippen LogP contribution in [0.3, 0.4) is 0 Å². The third-order valence-electron chi connectivity index (χ3n) is 3.82. The van der Waals surface area contributed by atoms with Crippen LogP contribution in [0.4, 0.5) is 5.69 Å². The van der Waals surface area contributed by atoms with Crippen molar-refractivity contribution in [3.8, 4) is 11.5 Å². The second-order valence-corrected chi connectivity index (χ2v) is 5.74. The molecule has 5 nitrogen and oxygen atoms in total. The number of benzene rings is 2. The molecule has 2 heterocycles. The Bertz CT molecular complexity index is 996. The molecule has 0 spiro atoms. The molecule has 0 saturated carbocycles. The summed E-state index contributed by atoms with van der Waals surface area (Å²) in [6, 6.07) is 19.4. The van der Waals surface area contributed by atoms with Crippen molar-refractivity contribution in [2.24, 2.45) is 0 Å². The Morgan fingerprint density at radius 2 is 1.88 bits per heavy atom. The molecule has 0 aliphatic heterocycles. The number of hydrogen-bond acceptors (Lipinski definition) is 5. The second-order valence-electron chi connectivity index (χ2n) is 5.74. The Balaban J connectivity index is 1.61. The van der Waals surface area contributed by atoms with Gasteiger partial charge in [0, 0.05) is 23.3 Å². The van der Waals surface area contributed by atoms with Crippen LogP contribution in [-0.4, -0.2) is 10.1 Å². The van der Waals surface area contributed by atoms with Gasteiger partial charge in [-0.25, -0.2) is 0 Å². The quantitative estimate of drug-likeness (QED) is 0.561. The lowest BCUT2D eigenvalue weighted by Gasteiger charge is -2.10. The van der Waals surface area contributed by atoms with Crippen LogP contribution in [0, 0.1) is 6.92 Å². The number of aromatic nitrogens is 2. The Morgan fingerprint density at radius 1 is 1.00 bits per heavy atom. The Labute approximate surface area is 145 Å². The molecule has 5 heteroatoms. The Kier molecular flexibility index (Phi) is 4.04. The summed E-state index contributed by atoms with van der Waals surface area (Å²) in [4.78, 5) is 4.42. The molecule has 2 aromatic carbocycles. The van der Waals surface area contributed by atoms with Crippen molar-refractivity contribution in [3.63, 3.8) is 0 Å². The van der Waals surface area contributed by atoms with Crippen LogP contribution < -0.4 is 10.1 Å². The number of anilines is 1. The van der Waals surface area contributed by atoms with Crippen LogP contribution in [0.15, 0.2) is 71.4 Å². The molecule has 0 radical (unpaired) electrons. The number of nitrogens with one attached hydrogen (secondary N) is 1. The summed E-state index contributed by atoms with van der Waals surface area (Å²) < 4.78 is 11.2. The normalized spacial score (nSPS) is 10.8. The monoisotopic (exact) mass is 331 g/mol. The van der Waals surface area contributed by atoms with Gasteiger partial charge in [-0.15, -0.1) is 0 Å². The molecule has 0 atom stereocenters. The fourth-order valence-corrected chi connectivity index (χ4v) is 2.65. The Hall–Kier alpha value is -3.34. The highest BCUT2D eigenvalue weighted by Gasteiger charge is 2.06. The maximum atomic E-state index is 5.92. The van der Waals surface area contributed by atoms with Crippen LogP contribution >= 0.6 is 0 Å². The first-order valence-corrected chi connectivity index (χ1v) is 8.06.